The second kappa shape index (κ2) is 12.6. The molecule has 2 N–H and O–H groups in total. The zero-order chi connectivity index (χ0) is 27.8. The third-order valence-corrected chi connectivity index (χ3v) is 6.42. The maximum absolute atomic E-state index is 12.5. The molecule has 200 valence electrons. The number of aromatic carboxylic acids is 1. The molecule has 0 aliphatic heterocycles. The van der Waals surface area contributed by atoms with E-state index in [-0.39, 0.29) is 11.3 Å². The largest absolute Gasteiger partial charge is 0.493 e. The molecule has 1 amide bonds. The van der Waals surface area contributed by atoms with Crippen molar-refractivity contribution in [2.45, 2.75) is 5.16 Å². The summed E-state index contributed by atoms with van der Waals surface area (Å²) < 4.78 is 18.2. The molecule has 0 aliphatic carbocycles. The number of benzene rings is 3. The van der Waals surface area contributed by atoms with Crippen LogP contribution in [0.5, 0.6) is 17.2 Å². The summed E-state index contributed by atoms with van der Waals surface area (Å²) in [5.41, 5.74) is 4.33. The molecular formula is C27H25N5O6S. The molecule has 4 aromatic rings. The van der Waals surface area contributed by atoms with Crippen molar-refractivity contribution < 1.29 is 28.9 Å². The second-order valence-electron chi connectivity index (χ2n) is 7.87. The molecular weight excluding hydrogens is 522 g/mol. The molecule has 0 radical (unpaired) electrons. The van der Waals surface area contributed by atoms with Crippen LogP contribution in [0.2, 0.25) is 0 Å². The second-order valence-corrected chi connectivity index (χ2v) is 8.81. The summed E-state index contributed by atoms with van der Waals surface area (Å²) in [4.78, 5) is 23.9. The van der Waals surface area contributed by atoms with Gasteiger partial charge in [-0.2, -0.15) is 5.10 Å². The van der Waals surface area contributed by atoms with Crippen LogP contribution >= 0.6 is 11.8 Å². The van der Waals surface area contributed by atoms with Crippen molar-refractivity contribution in [2.24, 2.45) is 5.10 Å². The monoisotopic (exact) mass is 547 g/mol. The number of carboxylic acid groups (broad SMARTS) is 1. The van der Waals surface area contributed by atoms with Crippen molar-refractivity contribution in [2.75, 3.05) is 27.1 Å². The predicted molar refractivity (Wildman–Crippen MR) is 146 cm³/mol. The minimum Gasteiger partial charge on any atom is -0.493 e. The number of carbonyl (C=O) groups is 2. The summed E-state index contributed by atoms with van der Waals surface area (Å²) in [6.07, 6.45) is 1.29. The zero-order valence-corrected chi connectivity index (χ0v) is 22.1. The molecule has 0 aliphatic rings. The number of carbonyl (C=O) groups excluding carboxylic acids is 1. The number of hydrogen-bond acceptors (Lipinski definition) is 9. The number of aromatic nitrogens is 3. The molecule has 1 aromatic heterocycles. The number of para-hydroxylation sites is 1. The SMILES string of the molecule is COc1cc(-c2nnc(SCC(=O)NN=Cc3ccccc3C(=O)O)n2-c2ccccc2)cc(OC)c1OC. The van der Waals surface area contributed by atoms with Crippen LogP contribution in [0.1, 0.15) is 15.9 Å². The predicted octanol–water partition coefficient (Wildman–Crippen LogP) is 3.90. The standard InChI is InChI=1S/C27H25N5O6S/c1-36-21-13-18(14-22(37-2)24(21)38-3)25-30-31-27(32(25)19-10-5-4-6-11-19)39-16-23(33)29-28-15-17-9-7-8-12-20(17)26(34)35/h4-15H,16H2,1-3H3,(H,29,33)(H,34,35). The van der Waals surface area contributed by atoms with E-state index in [4.69, 9.17) is 14.2 Å². The van der Waals surface area contributed by atoms with Gasteiger partial charge >= 0.3 is 5.97 Å². The van der Waals surface area contributed by atoms with E-state index in [1.165, 1.54) is 45.4 Å². The van der Waals surface area contributed by atoms with Crippen molar-refractivity contribution >= 4 is 29.9 Å². The van der Waals surface area contributed by atoms with Gasteiger partial charge in [0.25, 0.3) is 5.91 Å². The topological polar surface area (TPSA) is 137 Å². The van der Waals surface area contributed by atoms with Gasteiger partial charge in [0.05, 0.1) is 38.9 Å². The van der Waals surface area contributed by atoms with Gasteiger partial charge in [-0.05, 0) is 30.3 Å². The number of amides is 1. The Hall–Kier alpha value is -4.84. The minimum atomic E-state index is -1.08. The Kier molecular flexibility index (Phi) is 8.79. The van der Waals surface area contributed by atoms with Crippen LogP contribution in [0.15, 0.2) is 77.0 Å². The first-order valence-electron chi connectivity index (χ1n) is 11.5. The molecule has 11 nitrogen and oxygen atoms in total. The summed E-state index contributed by atoms with van der Waals surface area (Å²) in [5.74, 6) is 0.385. The van der Waals surface area contributed by atoms with Gasteiger partial charge in [-0.25, -0.2) is 10.2 Å². The van der Waals surface area contributed by atoms with Gasteiger partial charge in [0, 0.05) is 16.8 Å². The molecule has 0 unspecified atom stereocenters. The van der Waals surface area contributed by atoms with Crippen molar-refractivity contribution in [3.05, 3.63) is 77.9 Å². The van der Waals surface area contributed by atoms with Gasteiger partial charge in [-0.15, -0.1) is 10.2 Å². The molecule has 0 saturated carbocycles. The Labute approximate surface area is 228 Å². The fraction of sp³-hybridized carbons (Fsp3) is 0.148. The smallest absolute Gasteiger partial charge is 0.336 e. The number of carboxylic acids is 1. The van der Waals surface area contributed by atoms with E-state index in [0.29, 0.717) is 39.4 Å². The Balaban J connectivity index is 1.58. The van der Waals surface area contributed by atoms with Gasteiger partial charge in [0.1, 0.15) is 0 Å². The molecule has 0 bridgehead atoms. The van der Waals surface area contributed by atoms with Crippen molar-refractivity contribution in [1.29, 1.82) is 0 Å². The number of ether oxygens (including phenoxy) is 3. The number of rotatable bonds is 11. The van der Waals surface area contributed by atoms with Crippen LogP contribution in [-0.2, 0) is 4.79 Å². The summed E-state index contributed by atoms with van der Waals surface area (Å²) in [6, 6.07) is 19.4. The van der Waals surface area contributed by atoms with Gasteiger partial charge < -0.3 is 19.3 Å². The Morgan fingerprint density at radius 3 is 2.28 bits per heavy atom. The van der Waals surface area contributed by atoms with E-state index in [0.717, 1.165) is 5.69 Å². The number of nitrogens with zero attached hydrogens (tertiary/aromatic N) is 4. The lowest BCUT2D eigenvalue weighted by molar-refractivity contribution is -0.118. The number of thioether (sulfide) groups is 1. The molecule has 39 heavy (non-hydrogen) atoms. The van der Waals surface area contributed by atoms with Gasteiger partial charge in [0.2, 0.25) is 5.75 Å². The van der Waals surface area contributed by atoms with Crippen molar-refractivity contribution in [3.63, 3.8) is 0 Å². The maximum Gasteiger partial charge on any atom is 0.336 e. The Morgan fingerprint density at radius 1 is 0.974 bits per heavy atom. The third-order valence-electron chi connectivity index (χ3n) is 5.49. The van der Waals surface area contributed by atoms with E-state index in [1.807, 2.05) is 34.9 Å². The van der Waals surface area contributed by atoms with E-state index in [2.05, 4.69) is 20.7 Å². The Morgan fingerprint density at radius 2 is 1.64 bits per heavy atom. The molecule has 0 saturated heterocycles. The van der Waals surface area contributed by atoms with E-state index in [1.54, 1.807) is 30.3 Å². The summed E-state index contributed by atoms with van der Waals surface area (Å²) >= 11 is 1.17. The number of nitrogens with one attached hydrogen (secondary N) is 1. The number of hydrogen-bond donors (Lipinski definition) is 2. The lowest BCUT2D eigenvalue weighted by Gasteiger charge is -2.15. The summed E-state index contributed by atoms with van der Waals surface area (Å²) in [5, 5.41) is 22.4. The van der Waals surface area contributed by atoms with E-state index < -0.39 is 11.9 Å². The highest BCUT2D eigenvalue weighted by molar-refractivity contribution is 7.99. The minimum absolute atomic E-state index is 0.0157. The fourth-order valence-electron chi connectivity index (χ4n) is 3.71. The van der Waals surface area contributed by atoms with Crippen LogP contribution in [-0.4, -0.2) is 65.0 Å². The maximum atomic E-state index is 12.5. The molecule has 0 atom stereocenters. The van der Waals surface area contributed by atoms with Gasteiger partial charge in [-0.3, -0.25) is 9.36 Å². The highest BCUT2D eigenvalue weighted by atomic mass is 32.2. The summed E-state index contributed by atoms with van der Waals surface area (Å²) in [6.45, 7) is 0. The van der Waals surface area contributed by atoms with Gasteiger partial charge in [-0.1, -0.05) is 48.2 Å². The van der Waals surface area contributed by atoms with E-state index in [9.17, 15) is 14.7 Å². The van der Waals surface area contributed by atoms with Crippen molar-refractivity contribution in [3.8, 4) is 34.3 Å². The number of hydrazone groups is 1. The Bertz CT molecular complexity index is 1480. The average Bonchev–Trinajstić information content (AvgIpc) is 3.39. The highest BCUT2D eigenvalue weighted by Gasteiger charge is 2.21. The summed E-state index contributed by atoms with van der Waals surface area (Å²) in [7, 11) is 4.60. The fourth-order valence-corrected chi connectivity index (χ4v) is 4.46. The van der Waals surface area contributed by atoms with Crippen LogP contribution in [0.3, 0.4) is 0 Å². The zero-order valence-electron chi connectivity index (χ0n) is 21.3. The normalized spacial score (nSPS) is 10.8. The lowest BCUT2D eigenvalue weighted by Crippen LogP contribution is -2.20. The first kappa shape index (κ1) is 27.2. The van der Waals surface area contributed by atoms with Crippen LogP contribution in [0, 0.1) is 0 Å². The third kappa shape index (κ3) is 6.18. The van der Waals surface area contributed by atoms with Crippen LogP contribution < -0.4 is 19.6 Å². The highest BCUT2D eigenvalue weighted by Crippen LogP contribution is 2.41. The van der Waals surface area contributed by atoms with Crippen LogP contribution in [0.4, 0.5) is 0 Å². The first-order chi connectivity index (χ1) is 19.0. The first-order valence-corrected chi connectivity index (χ1v) is 12.5. The van der Waals surface area contributed by atoms with Gasteiger partial charge in [0.15, 0.2) is 22.5 Å². The molecule has 0 spiro atoms. The number of methoxy groups -OCH3 is 3. The molecule has 3 aromatic carbocycles. The van der Waals surface area contributed by atoms with Crippen molar-refractivity contribution in [1.82, 2.24) is 20.2 Å². The lowest BCUT2D eigenvalue weighted by atomic mass is 10.1. The molecule has 4 rings (SSSR count). The molecule has 1 heterocycles. The quantitative estimate of drug-likeness (QED) is 0.163. The van der Waals surface area contributed by atoms with Crippen LogP contribution in [0.25, 0.3) is 17.1 Å². The molecule has 0 fully saturated rings. The average molecular weight is 548 g/mol. The van der Waals surface area contributed by atoms with E-state index >= 15 is 0 Å². The molecule has 12 heteroatoms.